The normalized spacial score (nSPS) is 10.7. The zero-order valence-electron chi connectivity index (χ0n) is 20.7. The van der Waals surface area contributed by atoms with Crippen molar-refractivity contribution >= 4 is 22.6 Å². The van der Waals surface area contributed by atoms with Crippen molar-refractivity contribution < 1.29 is 23.5 Å². The Bertz CT molecular complexity index is 1390. The van der Waals surface area contributed by atoms with E-state index in [4.69, 9.17) is 10.8 Å². The second-order valence-electron chi connectivity index (χ2n) is 8.90. The van der Waals surface area contributed by atoms with Crippen LogP contribution in [0.15, 0.2) is 72.9 Å². The van der Waals surface area contributed by atoms with Gasteiger partial charge in [0.1, 0.15) is 17.2 Å². The summed E-state index contributed by atoms with van der Waals surface area (Å²) in [6.45, 7) is 0.916. The molecule has 4 aromatic rings. The zero-order valence-corrected chi connectivity index (χ0v) is 20.7. The molecular weight excluding hydrogens is 476 g/mol. The zero-order chi connectivity index (χ0) is 26.9. The number of halogens is 2. The van der Waals surface area contributed by atoms with E-state index in [9.17, 15) is 18.4 Å². The Hall–Kier alpha value is -4.17. The summed E-state index contributed by atoms with van der Waals surface area (Å²) in [4.78, 5) is 27.9. The maximum Gasteiger partial charge on any atom is 0.303 e. The molecule has 6 nitrogen and oxygen atoms in total. The average molecular weight is 506 g/mol. The van der Waals surface area contributed by atoms with Crippen molar-refractivity contribution in [3.8, 4) is 0 Å². The number of benzene rings is 3. The standard InChI is InChI=1S/C22H24N2O2.C7H5F2NO/c1-24(2)15-18-6-8-20-19(13-18)10-11-23-21(20)14-17-5-3-4-16(12-17)7-9-22(25)26;8-4-2-1-3-5(9)6(4)7(10)11/h3-6,8,10-13H,7,9,14-15H2,1-2H3,(H,25,26);1-3H,(H2,10,11). The third-order valence-electron chi connectivity index (χ3n) is 5.61. The number of carbonyl (C=O) groups excluding carboxylic acids is 1. The first-order valence-electron chi connectivity index (χ1n) is 11.7. The van der Waals surface area contributed by atoms with Crippen molar-refractivity contribution in [3.05, 3.63) is 113 Å². The number of hydrogen-bond acceptors (Lipinski definition) is 4. The van der Waals surface area contributed by atoms with Crippen LogP contribution in [0.1, 0.15) is 39.2 Å². The van der Waals surface area contributed by atoms with Gasteiger partial charge in [-0.15, -0.1) is 0 Å². The van der Waals surface area contributed by atoms with Gasteiger partial charge in [-0.2, -0.15) is 0 Å². The number of aryl methyl sites for hydroxylation is 1. The van der Waals surface area contributed by atoms with Crippen molar-refractivity contribution in [1.82, 2.24) is 9.88 Å². The average Bonchev–Trinajstić information content (AvgIpc) is 2.83. The number of primary amides is 1. The lowest BCUT2D eigenvalue weighted by Gasteiger charge is -2.12. The highest BCUT2D eigenvalue weighted by atomic mass is 19.1. The number of nitrogens with zero attached hydrogens (tertiary/aromatic N) is 2. The molecule has 0 unspecified atom stereocenters. The number of hydrogen-bond donors (Lipinski definition) is 2. The third-order valence-corrected chi connectivity index (χ3v) is 5.61. The van der Waals surface area contributed by atoms with E-state index in [1.165, 1.54) is 16.3 Å². The molecule has 3 aromatic carbocycles. The van der Waals surface area contributed by atoms with Gasteiger partial charge in [-0.25, -0.2) is 8.78 Å². The number of carboxylic acid groups (broad SMARTS) is 1. The summed E-state index contributed by atoms with van der Waals surface area (Å²) in [5.74, 6) is -3.73. The summed E-state index contributed by atoms with van der Waals surface area (Å²) in [7, 11) is 4.14. The van der Waals surface area contributed by atoms with E-state index in [1.807, 2.05) is 18.3 Å². The number of amides is 1. The molecule has 0 aliphatic heterocycles. The van der Waals surface area contributed by atoms with Crippen molar-refractivity contribution in [1.29, 1.82) is 0 Å². The molecule has 4 rings (SSSR count). The fourth-order valence-corrected chi connectivity index (χ4v) is 3.97. The van der Waals surface area contributed by atoms with Crippen LogP contribution in [0.5, 0.6) is 0 Å². The van der Waals surface area contributed by atoms with E-state index in [0.717, 1.165) is 48.0 Å². The number of nitrogens with two attached hydrogens (primary N) is 1. The van der Waals surface area contributed by atoms with Crippen LogP contribution in [-0.4, -0.2) is 41.0 Å². The Morgan fingerprint density at radius 2 is 1.59 bits per heavy atom. The number of aliphatic carboxylic acids is 1. The predicted octanol–water partition coefficient (Wildman–Crippen LogP) is 4.97. The van der Waals surface area contributed by atoms with Gasteiger partial charge in [0.05, 0.1) is 5.69 Å². The lowest BCUT2D eigenvalue weighted by Crippen LogP contribution is -2.15. The molecule has 0 aliphatic carbocycles. The third kappa shape index (κ3) is 7.91. The fourth-order valence-electron chi connectivity index (χ4n) is 3.97. The van der Waals surface area contributed by atoms with Gasteiger partial charge in [-0.1, -0.05) is 42.5 Å². The maximum absolute atomic E-state index is 12.6. The summed E-state index contributed by atoms with van der Waals surface area (Å²) in [6.07, 6.45) is 3.32. The molecule has 192 valence electrons. The van der Waals surface area contributed by atoms with Crippen LogP contribution in [0.3, 0.4) is 0 Å². The molecule has 1 heterocycles. The molecule has 1 aromatic heterocycles. The van der Waals surface area contributed by atoms with Gasteiger partial charge in [0.15, 0.2) is 0 Å². The minimum absolute atomic E-state index is 0.157. The SMILES string of the molecule is CN(C)Cc1ccc2c(Cc3cccc(CCC(=O)O)c3)nccc2c1.NC(=O)c1c(F)cccc1F. The first kappa shape index (κ1) is 27.4. The molecule has 0 radical (unpaired) electrons. The summed E-state index contributed by atoms with van der Waals surface area (Å²) in [6, 6.07) is 19.9. The topological polar surface area (TPSA) is 96.5 Å². The summed E-state index contributed by atoms with van der Waals surface area (Å²) < 4.78 is 25.1. The van der Waals surface area contributed by atoms with E-state index < -0.39 is 29.1 Å². The molecule has 0 saturated carbocycles. The number of rotatable bonds is 8. The number of aromatic nitrogens is 1. The summed E-state index contributed by atoms with van der Waals surface area (Å²) >= 11 is 0. The van der Waals surface area contributed by atoms with Crippen LogP contribution in [-0.2, 0) is 24.2 Å². The molecule has 0 fully saturated rings. The van der Waals surface area contributed by atoms with Crippen molar-refractivity contribution in [3.63, 3.8) is 0 Å². The van der Waals surface area contributed by atoms with Gasteiger partial charge >= 0.3 is 5.97 Å². The molecule has 3 N–H and O–H groups in total. The monoisotopic (exact) mass is 505 g/mol. The molecular formula is C29H29F2N3O3. The Balaban J connectivity index is 0.000000289. The van der Waals surface area contributed by atoms with Crippen molar-refractivity contribution in [2.24, 2.45) is 5.73 Å². The van der Waals surface area contributed by atoms with Crippen molar-refractivity contribution in [2.45, 2.75) is 25.8 Å². The molecule has 37 heavy (non-hydrogen) atoms. The molecule has 1 amide bonds. The largest absolute Gasteiger partial charge is 0.481 e. The van der Waals surface area contributed by atoms with Gasteiger partial charge in [-0.3, -0.25) is 14.6 Å². The van der Waals surface area contributed by atoms with Crippen molar-refractivity contribution in [2.75, 3.05) is 14.1 Å². The molecule has 0 spiro atoms. The second-order valence-corrected chi connectivity index (χ2v) is 8.90. The second kappa shape index (κ2) is 12.7. The molecule has 0 aliphatic rings. The van der Waals surface area contributed by atoms with E-state index in [-0.39, 0.29) is 6.42 Å². The molecule has 0 bridgehead atoms. The number of fused-ring (bicyclic) bond motifs is 1. The smallest absolute Gasteiger partial charge is 0.303 e. The lowest BCUT2D eigenvalue weighted by molar-refractivity contribution is -0.136. The van der Waals surface area contributed by atoms with Gasteiger partial charge < -0.3 is 15.7 Å². The number of pyridine rings is 1. The minimum Gasteiger partial charge on any atom is -0.481 e. The van der Waals surface area contributed by atoms with E-state index >= 15 is 0 Å². The maximum atomic E-state index is 12.6. The number of carboxylic acids is 1. The highest BCUT2D eigenvalue weighted by molar-refractivity contribution is 5.93. The van der Waals surface area contributed by atoms with E-state index in [2.05, 4.69) is 60.4 Å². The van der Waals surface area contributed by atoms with Crippen LogP contribution < -0.4 is 5.73 Å². The van der Waals surface area contributed by atoms with Crippen LogP contribution in [0, 0.1) is 11.6 Å². The number of carbonyl (C=O) groups is 2. The quantitative estimate of drug-likeness (QED) is 0.353. The van der Waals surface area contributed by atoms with Gasteiger partial charge in [0.2, 0.25) is 0 Å². The van der Waals surface area contributed by atoms with E-state index in [1.54, 1.807) is 0 Å². The Kier molecular flexibility index (Phi) is 9.40. The molecule has 8 heteroatoms. The predicted molar refractivity (Wildman–Crippen MR) is 139 cm³/mol. The van der Waals surface area contributed by atoms with Crippen LogP contribution in [0.25, 0.3) is 10.8 Å². The molecule has 0 saturated heterocycles. The van der Waals surface area contributed by atoms with Crippen LogP contribution in [0.4, 0.5) is 8.78 Å². The van der Waals surface area contributed by atoms with Gasteiger partial charge in [-0.05, 0) is 66.9 Å². The first-order valence-corrected chi connectivity index (χ1v) is 11.7. The Morgan fingerprint density at radius 3 is 2.22 bits per heavy atom. The Morgan fingerprint density at radius 1 is 0.919 bits per heavy atom. The van der Waals surface area contributed by atoms with E-state index in [0.29, 0.717) is 6.42 Å². The highest BCUT2D eigenvalue weighted by Crippen LogP contribution is 2.22. The summed E-state index contributed by atoms with van der Waals surface area (Å²) in [5.41, 5.74) is 8.56. The highest BCUT2D eigenvalue weighted by Gasteiger charge is 2.12. The van der Waals surface area contributed by atoms with Crippen LogP contribution >= 0.6 is 0 Å². The molecule has 0 atom stereocenters. The van der Waals surface area contributed by atoms with Gasteiger partial charge in [0, 0.05) is 31.0 Å². The fraction of sp³-hybridized carbons (Fsp3) is 0.207. The van der Waals surface area contributed by atoms with Crippen LogP contribution in [0.2, 0.25) is 0 Å². The first-order chi connectivity index (χ1) is 17.6. The minimum atomic E-state index is -1.10. The van der Waals surface area contributed by atoms with Gasteiger partial charge in [0.25, 0.3) is 5.91 Å². The summed E-state index contributed by atoms with van der Waals surface area (Å²) in [5, 5.41) is 11.2. The Labute approximate surface area is 214 Å². The lowest BCUT2D eigenvalue weighted by atomic mass is 9.99.